The van der Waals surface area contributed by atoms with Gasteiger partial charge in [-0.2, -0.15) is 0 Å². The minimum absolute atomic E-state index is 0.273. The second-order valence-corrected chi connectivity index (χ2v) is 8.47. The van der Waals surface area contributed by atoms with Crippen molar-refractivity contribution in [2.24, 2.45) is 10.9 Å². The number of anilines is 1. The summed E-state index contributed by atoms with van der Waals surface area (Å²) in [7, 11) is 4.11. The number of guanidine groups is 1. The van der Waals surface area contributed by atoms with Crippen LogP contribution in [0.5, 0.6) is 0 Å². The van der Waals surface area contributed by atoms with Crippen LogP contribution in [-0.4, -0.2) is 63.1 Å². The van der Waals surface area contributed by atoms with Crippen molar-refractivity contribution < 1.29 is 4.79 Å². The second kappa shape index (κ2) is 10.5. The van der Waals surface area contributed by atoms with Gasteiger partial charge in [-0.25, -0.2) is 0 Å². The van der Waals surface area contributed by atoms with Gasteiger partial charge in [0.1, 0.15) is 0 Å². The molecule has 1 aromatic carbocycles. The molecule has 1 saturated heterocycles. The van der Waals surface area contributed by atoms with E-state index in [1.165, 1.54) is 24.1 Å². The highest BCUT2D eigenvalue weighted by Crippen LogP contribution is 2.27. The van der Waals surface area contributed by atoms with Gasteiger partial charge >= 0.3 is 0 Å². The number of carbonyl (C=O) groups is 1. The van der Waals surface area contributed by atoms with Crippen molar-refractivity contribution in [1.82, 2.24) is 15.5 Å². The van der Waals surface area contributed by atoms with Crippen molar-refractivity contribution in [1.29, 1.82) is 0 Å². The first-order valence-corrected chi connectivity index (χ1v) is 11.2. The lowest BCUT2D eigenvalue weighted by molar-refractivity contribution is -0.134. The normalized spacial score (nSPS) is 20.2. The molecule has 1 aliphatic carbocycles. The molecule has 1 saturated carbocycles. The van der Waals surface area contributed by atoms with Crippen LogP contribution in [-0.2, 0) is 11.2 Å². The van der Waals surface area contributed by atoms with Crippen LogP contribution in [0.2, 0.25) is 0 Å². The van der Waals surface area contributed by atoms with Gasteiger partial charge in [-0.05, 0) is 50.3 Å². The summed E-state index contributed by atoms with van der Waals surface area (Å²) in [5, 5.41) is 6.89. The van der Waals surface area contributed by atoms with E-state index in [1.54, 1.807) is 0 Å². The fourth-order valence-electron chi connectivity index (χ4n) is 4.28. The van der Waals surface area contributed by atoms with E-state index in [2.05, 4.69) is 65.7 Å². The molecule has 1 aliphatic heterocycles. The van der Waals surface area contributed by atoms with Gasteiger partial charge in [0.25, 0.3) is 0 Å². The van der Waals surface area contributed by atoms with Crippen molar-refractivity contribution in [3.63, 3.8) is 0 Å². The number of likely N-dealkylation sites (tertiary alicyclic amines) is 1. The molecule has 2 aliphatic rings. The largest absolute Gasteiger partial charge is 0.378 e. The van der Waals surface area contributed by atoms with Gasteiger partial charge in [0, 0.05) is 57.9 Å². The number of hydrogen-bond donors (Lipinski definition) is 2. The summed E-state index contributed by atoms with van der Waals surface area (Å²) < 4.78 is 0. The number of aliphatic imine (C=N–C) groups is 1. The molecule has 1 amide bonds. The fourth-order valence-corrected chi connectivity index (χ4v) is 4.28. The van der Waals surface area contributed by atoms with Gasteiger partial charge in [-0.3, -0.25) is 9.79 Å². The third-order valence-corrected chi connectivity index (χ3v) is 6.01. The lowest BCUT2D eigenvalue weighted by Gasteiger charge is -2.21. The predicted molar refractivity (Wildman–Crippen MR) is 121 cm³/mol. The van der Waals surface area contributed by atoms with Crippen molar-refractivity contribution in [3.8, 4) is 0 Å². The Morgan fingerprint density at radius 1 is 1.17 bits per heavy atom. The lowest BCUT2D eigenvalue weighted by atomic mass is 10.1. The van der Waals surface area contributed by atoms with Gasteiger partial charge in [0.05, 0.1) is 0 Å². The monoisotopic (exact) mass is 399 g/mol. The SMILES string of the molecule is CCNC(=NCCc1ccc(N(C)C)cc1)NC1CCN(C(=O)C2CCCC2)C1. The average molecular weight is 400 g/mol. The molecule has 2 N–H and O–H groups in total. The zero-order valence-corrected chi connectivity index (χ0v) is 18.3. The highest BCUT2D eigenvalue weighted by atomic mass is 16.2. The maximum Gasteiger partial charge on any atom is 0.225 e. The number of amides is 1. The van der Waals surface area contributed by atoms with Crippen molar-refractivity contribution >= 4 is 17.6 Å². The Kier molecular flexibility index (Phi) is 7.78. The van der Waals surface area contributed by atoms with E-state index >= 15 is 0 Å². The molecule has 2 fully saturated rings. The van der Waals surface area contributed by atoms with E-state index < -0.39 is 0 Å². The Morgan fingerprint density at radius 3 is 2.55 bits per heavy atom. The number of benzene rings is 1. The molecule has 0 spiro atoms. The van der Waals surface area contributed by atoms with Crippen LogP contribution in [0.15, 0.2) is 29.3 Å². The highest BCUT2D eigenvalue weighted by molar-refractivity contribution is 5.81. The molecule has 1 aromatic rings. The summed E-state index contributed by atoms with van der Waals surface area (Å²) in [4.78, 5) is 21.6. The smallest absolute Gasteiger partial charge is 0.225 e. The summed E-state index contributed by atoms with van der Waals surface area (Å²) in [6.45, 7) is 5.33. The molecule has 0 aromatic heterocycles. The van der Waals surface area contributed by atoms with Gasteiger partial charge < -0.3 is 20.4 Å². The van der Waals surface area contributed by atoms with Crippen LogP contribution in [0.25, 0.3) is 0 Å². The zero-order valence-electron chi connectivity index (χ0n) is 18.3. The van der Waals surface area contributed by atoms with Crippen molar-refractivity contribution in [3.05, 3.63) is 29.8 Å². The molecular weight excluding hydrogens is 362 g/mol. The standard InChI is InChI=1S/C23H37N5O/c1-4-24-23(25-15-13-18-9-11-21(12-10-18)27(2)3)26-20-14-16-28(17-20)22(29)19-7-5-6-8-19/h9-12,19-20H,4-8,13-17H2,1-3H3,(H2,24,25,26). The minimum atomic E-state index is 0.273. The van der Waals surface area contributed by atoms with E-state index in [0.717, 1.165) is 57.8 Å². The lowest BCUT2D eigenvalue weighted by Crippen LogP contribution is -2.45. The van der Waals surface area contributed by atoms with Crippen LogP contribution in [0.3, 0.4) is 0 Å². The minimum Gasteiger partial charge on any atom is -0.378 e. The molecular formula is C23H37N5O. The van der Waals surface area contributed by atoms with Crippen LogP contribution < -0.4 is 15.5 Å². The highest BCUT2D eigenvalue weighted by Gasteiger charge is 2.32. The van der Waals surface area contributed by atoms with Gasteiger partial charge in [0.15, 0.2) is 5.96 Å². The number of nitrogens with zero attached hydrogens (tertiary/aromatic N) is 3. The summed E-state index contributed by atoms with van der Waals surface area (Å²) in [6, 6.07) is 8.94. The van der Waals surface area contributed by atoms with Gasteiger partial charge in [-0.15, -0.1) is 0 Å². The predicted octanol–water partition coefficient (Wildman–Crippen LogP) is 2.64. The summed E-state index contributed by atoms with van der Waals surface area (Å²) in [5.74, 6) is 1.50. The van der Waals surface area contributed by atoms with Crippen molar-refractivity contribution in [2.75, 3.05) is 45.2 Å². The molecule has 6 nitrogen and oxygen atoms in total. The quantitative estimate of drug-likeness (QED) is 0.547. The van der Waals surface area contributed by atoms with Crippen LogP contribution >= 0.6 is 0 Å². The summed E-state index contributed by atoms with van der Waals surface area (Å²) in [5.41, 5.74) is 2.51. The van der Waals surface area contributed by atoms with Crippen LogP contribution in [0, 0.1) is 5.92 Å². The molecule has 3 rings (SSSR count). The Balaban J connectivity index is 1.48. The summed E-state index contributed by atoms with van der Waals surface area (Å²) in [6.07, 6.45) is 6.48. The molecule has 1 atom stereocenters. The van der Waals surface area contributed by atoms with Crippen LogP contribution in [0.4, 0.5) is 5.69 Å². The van der Waals surface area contributed by atoms with E-state index in [-0.39, 0.29) is 12.0 Å². The number of nitrogens with one attached hydrogen (secondary N) is 2. The van der Waals surface area contributed by atoms with E-state index in [4.69, 9.17) is 4.99 Å². The maximum atomic E-state index is 12.6. The van der Waals surface area contributed by atoms with Crippen molar-refractivity contribution in [2.45, 2.75) is 51.5 Å². The van der Waals surface area contributed by atoms with E-state index in [0.29, 0.717) is 5.91 Å². The zero-order chi connectivity index (χ0) is 20.6. The number of carbonyl (C=O) groups excluding carboxylic acids is 1. The average Bonchev–Trinajstić information content (AvgIpc) is 3.40. The molecule has 0 bridgehead atoms. The first kappa shape index (κ1) is 21.5. The van der Waals surface area contributed by atoms with Gasteiger partial charge in [0.2, 0.25) is 5.91 Å². The van der Waals surface area contributed by atoms with Gasteiger partial charge in [-0.1, -0.05) is 25.0 Å². The first-order valence-electron chi connectivity index (χ1n) is 11.2. The molecule has 1 heterocycles. The van der Waals surface area contributed by atoms with Crippen LogP contribution in [0.1, 0.15) is 44.6 Å². The summed E-state index contributed by atoms with van der Waals surface area (Å²) >= 11 is 0. The second-order valence-electron chi connectivity index (χ2n) is 8.47. The van der Waals surface area contributed by atoms with E-state index in [1.807, 2.05) is 0 Å². The molecule has 6 heteroatoms. The Hall–Kier alpha value is -2.24. The van der Waals surface area contributed by atoms with E-state index in [9.17, 15) is 4.79 Å². The Labute approximate surface area is 175 Å². The Bertz CT molecular complexity index is 679. The number of hydrogen-bond acceptors (Lipinski definition) is 3. The Morgan fingerprint density at radius 2 is 1.90 bits per heavy atom. The molecule has 0 radical (unpaired) electrons. The maximum absolute atomic E-state index is 12.6. The third kappa shape index (κ3) is 6.12. The third-order valence-electron chi connectivity index (χ3n) is 6.01. The fraction of sp³-hybridized carbons (Fsp3) is 0.652. The first-order chi connectivity index (χ1) is 14.1. The topological polar surface area (TPSA) is 60.0 Å². The molecule has 160 valence electrons. The number of rotatable bonds is 7. The molecule has 1 unspecified atom stereocenters. The molecule has 29 heavy (non-hydrogen) atoms.